The lowest BCUT2D eigenvalue weighted by atomic mass is 9.96. The van der Waals surface area contributed by atoms with Crippen molar-refractivity contribution in [1.29, 1.82) is 0 Å². The molecule has 0 saturated carbocycles. The molecule has 5 rings (SSSR count). The highest BCUT2D eigenvalue weighted by molar-refractivity contribution is 6.04. The number of benzene rings is 2. The fraction of sp³-hybridized carbons (Fsp3) is 0.259. The summed E-state index contributed by atoms with van der Waals surface area (Å²) < 4.78 is 0. The Labute approximate surface area is 193 Å². The minimum Gasteiger partial charge on any atom is -0.322 e. The maximum absolute atomic E-state index is 12.7. The summed E-state index contributed by atoms with van der Waals surface area (Å²) >= 11 is 0. The Morgan fingerprint density at radius 3 is 2.82 bits per heavy atom. The van der Waals surface area contributed by atoms with Crippen LogP contribution in [0.5, 0.6) is 0 Å². The number of piperidine rings is 1. The molecule has 2 aromatic carbocycles. The number of nitrogens with zero attached hydrogens (tertiary/aromatic N) is 4. The van der Waals surface area contributed by atoms with Gasteiger partial charge in [-0.15, -0.1) is 0 Å². The number of hydrogen-bond donors (Lipinski definition) is 1. The van der Waals surface area contributed by atoms with Crippen LogP contribution in [-0.4, -0.2) is 38.8 Å². The zero-order chi connectivity index (χ0) is 22.6. The van der Waals surface area contributed by atoms with Gasteiger partial charge in [0.25, 0.3) is 5.91 Å². The number of carbonyl (C=O) groups excluding carboxylic acids is 1. The lowest BCUT2D eigenvalue weighted by Gasteiger charge is -2.32. The van der Waals surface area contributed by atoms with Crippen molar-refractivity contribution >= 4 is 22.5 Å². The molecule has 0 spiro atoms. The van der Waals surface area contributed by atoms with Crippen LogP contribution in [0.15, 0.2) is 73.1 Å². The second-order valence-corrected chi connectivity index (χ2v) is 8.65. The van der Waals surface area contributed by atoms with Gasteiger partial charge in [-0.1, -0.05) is 30.3 Å². The average Bonchev–Trinajstić information content (AvgIpc) is 2.84. The van der Waals surface area contributed by atoms with Crippen molar-refractivity contribution in [3.05, 3.63) is 95.7 Å². The molecule has 0 aliphatic carbocycles. The highest BCUT2D eigenvalue weighted by Crippen LogP contribution is 2.26. The molecule has 3 heterocycles. The zero-order valence-corrected chi connectivity index (χ0v) is 18.7. The lowest BCUT2D eigenvalue weighted by molar-refractivity contribution is 0.102. The monoisotopic (exact) mass is 437 g/mol. The fourth-order valence-corrected chi connectivity index (χ4v) is 4.52. The SMILES string of the molecule is Cc1nc([C@H]2CCCN(Cc3ccc4ncccc4c3)C2)ncc1C(=O)Nc1ccccc1. The van der Waals surface area contributed by atoms with Gasteiger partial charge in [0.05, 0.1) is 16.8 Å². The molecule has 166 valence electrons. The molecule has 33 heavy (non-hydrogen) atoms. The number of para-hydroxylation sites is 1. The molecule has 0 bridgehead atoms. The molecule has 1 N–H and O–H groups in total. The summed E-state index contributed by atoms with van der Waals surface area (Å²) in [6.45, 7) is 4.77. The largest absolute Gasteiger partial charge is 0.322 e. The average molecular weight is 438 g/mol. The third kappa shape index (κ3) is 4.91. The van der Waals surface area contributed by atoms with Crippen LogP contribution in [0.3, 0.4) is 0 Å². The van der Waals surface area contributed by atoms with Gasteiger partial charge in [0.1, 0.15) is 5.82 Å². The van der Waals surface area contributed by atoms with Crippen LogP contribution in [0.1, 0.15) is 46.2 Å². The van der Waals surface area contributed by atoms with Crippen LogP contribution in [0, 0.1) is 6.92 Å². The maximum Gasteiger partial charge on any atom is 0.259 e. The van der Waals surface area contributed by atoms with E-state index in [2.05, 4.69) is 44.5 Å². The summed E-state index contributed by atoms with van der Waals surface area (Å²) in [7, 11) is 0. The molecule has 1 atom stereocenters. The van der Waals surface area contributed by atoms with E-state index in [-0.39, 0.29) is 11.8 Å². The van der Waals surface area contributed by atoms with E-state index in [0.29, 0.717) is 11.3 Å². The first kappa shape index (κ1) is 21.2. The maximum atomic E-state index is 12.7. The molecular formula is C27H27N5O. The Balaban J connectivity index is 1.27. The van der Waals surface area contributed by atoms with Gasteiger partial charge >= 0.3 is 0 Å². The Kier molecular flexibility index (Phi) is 6.09. The number of anilines is 1. The van der Waals surface area contributed by atoms with Crippen molar-refractivity contribution in [2.45, 2.75) is 32.2 Å². The molecule has 4 aromatic rings. The van der Waals surface area contributed by atoms with Crippen molar-refractivity contribution in [1.82, 2.24) is 19.9 Å². The highest BCUT2D eigenvalue weighted by Gasteiger charge is 2.24. The number of rotatable bonds is 5. The number of fused-ring (bicyclic) bond motifs is 1. The number of likely N-dealkylation sites (tertiary alicyclic amines) is 1. The summed E-state index contributed by atoms with van der Waals surface area (Å²) in [6, 6.07) is 20.0. The number of pyridine rings is 1. The van der Waals surface area contributed by atoms with Gasteiger partial charge in [-0.2, -0.15) is 0 Å². The molecule has 6 heteroatoms. The molecule has 1 saturated heterocycles. The Bertz CT molecular complexity index is 1270. The molecule has 1 aliphatic heterocycles. The van der Waals surface area contributed by atoms with E-state index >= 15 is 0 Å². The number of hydrogen-bond acceptors (Lipinski definition) is 5. The summed E-state index contributed by atoms with van der Waals surface area (Å²) in [5, 5.41) is 4.09. The third-order valence-electron chi connectivity index (χ3n) is 6.22. The van der Waals surface area contributed by atoms with Crippen LogP contribution in [0.4, 0.5) is 5.69 Å². The minimum absolute atomic E-state index is 0.179. The number of aromatic nitrogens is 3. The summed E-state index contributed by atoms with van der Waals surface area (Å²) in [5.74, 6) is 0.920. The number of amides is 1. The molecule has 2 aromatic heterocycles. The van der Waals surface area contributed by atoms with Gasteiger partial charge in [0.2, 0.25) is 0 Å². The zero-order valence-electron chi connectivity index (χ0n) is 18.7. The second-order valence-electron chi connectivity index (χ2n) is 8.65. The number of carbonyl (C=O) groups is 1. The smallest absolute Gasteiger partial charge is 0.259 e. The summed E-state index contributed by atoms with van der Waals surface area (Å²) in [5.41, 5.74) is 4.31. The number of aryl methyl sites for hydroxylation is 1. The normalized spacial score (nSPS) is 16.6. The summed E-state index contributed by atoms with van der Waals surface area (Å²) in [6.07, 6.45) is 5.67. The van der Waals surface area contributed by atoms with Crippen LogP contribution < -0.4 is 5.32 Å². The van der Waals surface area contributed by atoms with E-state index in [1.807, 2.05) is 49.5 Å². The van der Waals surface area contributed by atoms with Gasteiger partial charge in [-0.3, -0.25) is 14.7 Å². The Morgan fingerprint density at radius 1 is 1.09 bits per heavy atom. The van der Waals surface area contributed by atoms with Crippen LogP contribution >= 0.6 is 0 Å². The molecule has 0 unspecified atom stereocenters. The van der Waals surface area contributed by atoms with E-state index in [0.717, 1.165) is 49.5 Å². The van der Waals surface area contributed by atoms with E-state index < -0.39 is 0 Å². The predicted molar refractivity (Wildman–Crippen MR) is 130 cm³/mol. The van der Waals surface area contributed by atoms with Crippen molar-refractivity contribution < 1.29 is 4.79 Å². The fourth-order valence-electron chi connectivity index (χ4n) is 4.52. The molecule has 0 radical (unpaired) electrons. The summed E-state index contributed by atoms with van der Waals surface area (Å²) in [4.78, 5) is 28.9. The van der Waals surface area contributed by atoms with Crippen LogP contribution in [-0.2, 0) is 6.54 Å². The van der Waals surface area contributed by atoms with E-state index in [4.69, 9.17) is 4.98 Å². The first-order valence-corrected chi connectivity index (χ1v) is 11.4. The van der Waals surface area contributed by atoms with Crippen molar-refractivity contribution in [2.24, 2.45) is 0 Å². The molecular weight excluding hydrogens is 410 g/mol. The highest BCUT2D eigenvalue weighted by atomic mass is 16.1. The van der Waals surface area contributed by atoms with Crippen molar-refractivity contribution in [3.8, 4) is 0 Å². The quantitative estimate of drug-likeness (QED) is 0.478. The van der Waals surface area contributed by atoms with Gasteiger partial charge < -0.3 is 5.32 Å². The van der Waals surface area contributed by atoms with Crippen molar-refractivity contribution in [2.75, 3.05) is 18.4 Å². The molecule has 1 fully saturated rings. The Morgan fingerprint density at radius 2 is 1.97 bits per heavy atom. The third-order valence-corrected chi connectivity index (χ3v) is 6.22. The van der Waals surface area contributed by atoms with E-state index in [9.17, 15) is 4.79 Å². The standard InChI is InChI=1S/C27H27N5O/c1-19-24(27(33)31-23-9-3-2-4-10-23)16-29-26(30-19)22-8-6-14-32(18-22)17-20-11-12-25-21(15-20)7-5-13-28-25/h2-5,7,9-13,15-16,22H,6,8,14,17-18H2,1H3,(H,31,33)/t22-/m0/s1. The van der Waals surface area contributed by atoms with Crippen molar-refractivity contribution in [3.63, 3.8) is 0 Å². The van der Waals surface area contributed by atoms with Crippen LogP contribution in [0.2, 0.25) is 0 Å². The second kappa shape index (κ2) is 9.46. The molecule has 6 nitrogen and oxygen atoms in total. The van der Waals surface area contributed by atoms with Crippen LogP contribution in [0.25, 0.3) is 10.9 Å². The minimum atomic E-state index is -0.179. The van der Waals surface area contributed by atoms with E-state index in [1.165, 1.54) is 10.9 Å². The lowest BCUT2D eigenvalue weighted by Crippen LogP contribution is -2.34. The van der Waals surface area contributed by atoms with E-state index in [1.54, 1.807) is 6.20 Å². The number of nitrogens with one attached hydrogen (secondary N) is 1. The predicted octanol–water partition coefficient (Wildman–Crippen LogP) is 4.97. The van der Waals surface area contributed by atoms with Gasteiger partial charge in [0.15, 0.2) is 0 Å². The Hall–Kier alpha value is -3.64. The topological polar surface area (TPSA) is 71.0 Å². The molecule has 1 amide bonds. The molecule has 1 aliphatic rings. The van der Waals surface area contributed by atoms with Gasteiger partial charge in [0, 0.05) is 42.5 Å². The van der Waals surface area contributed by atoms with Gasteiger partial charge in [-0.05, 0) is 62.2 Å². The first-order chi connectivity index (χ1) is 16.2. The first-order valence-electron chi connectivity index (χ1n) is 11.4. The van der Waals surface area contributed by atoms with Gasteiger partial charge in [-0.25, -0.2) is 9.97 Å².